The molecule has 0 heterocycles. The fourth-order valence-electron chi connectivity index (χ4n) is 1.95. The first-order valence-corrected chi connectivity index (χ1v) is 6.01. The van der Waals surface area contributed by atoms with Gasteiger partial charge in [-0.25, -0.2) is 0 Å². The second-order valence-electron chi connectivity index (χ2n) is 4.70. The molecule has 1 saturated carbocycles. The molecule has 0 spiro atoms. The molecule has 2 N–H and O–H groups in total. The Balaban J connectivity index is 2.01. The maximum Gasteiger partial charge on any atom is 0.407 e. The summed E-state index contributed by atoms with van der Waals surface area (Å²) in [6, 6.07) is 5.99. The van der Waals surface area contributed by atoms with Crippen molar-refractivity contribution in [3.05, 3.63) is 35.9 Å². The van der Waals surface area contributed by atoms with Gasteiger partial charge in [0.2, 0.25) is 0 Å². The molecular weight excluding hydrogens is 243 g/mol. The van der Waals surface area contributed by atoms with Crippen LogP contribution in [0.25, 0.3) is 0 Å². The Morgan fingerprint density at radius 3 is 2.33 bits per heavy atom. The third-order valence-corrected chi connectivity index (χ3v) is 3.16. The highest BCUT2D eigenvalue weighted by Crippen LogP contribution is 2.35. The van der Waals surface area contributed by atoms with Crippen LogP contribution in [-0.4, -0.2) is 23.9 Å². The van der Waals surface area contributed by atoms with Crippen LogP contribution in [-0.2, 0) is 0 Å². The van der Waals surface area contributed by atoms with Gasteiger partial charge in [-0.3, -0.25) is 5.32 Å². The molecule has 2 rings (SSSR count). The van der Waals surface area contributed by atoms with Gasteiger partial charge >= 0.3 is 6.18 Å². The zero-order chi connectivity index (χ0) is 13.2. The third-order valence-electron chi connectivity index (χ3n) is 3.16. The van der Waals surface area contributed by atoms with Gasteiger partial charge < -0.3 is 5.11 Å². The van der Waals surface area contributed by atoms with Crippen molar-refractivity contribution in [2.24, 2.45) is 5.92 Å². The largest absolute Gasteiger partial charge is 0.407 e. The van der Waals surface area contributed by atoms with Crippen molar-refractivity contribution in [3.8, 4) is 0 Å². The van der Waals surface area contributed by atoms with E-state index in [1.807, 2.05) is 0 Å². The molecule has 1 aliphatic rings. The molecule has 2 nitrogen and oxygen atoms in total. The molecule has 0 amide bonds. The number of hydrogen-bond donors (Lipinski definition) is 2. The monoisotopic (exact) mass is 259 g/mol. The second-order valence-corrected chi connectivity index (χ2v) is 4.70. The van der Waals surface area contributed by atoms with Crippen molar-refractivity contribution < 1.29 is 18.3 Å². The van der Waals surface area contributed by atoms with E-state index in [1.54, 1.807) is 18.2 Å². The van der Waals surface area contributed by atoms with Crippen LogP contribution in [0.1, 0.15) is 24.4 Å². The van der Waals surface area contributed by atoms with Gasteiger partial charge in [0.05, 0.1) is 6.10 Å². The molecule has 2 unspecified atom stereocenters. The molecule has 18 heavy (non-hydrogen) atoms. The number of aliphatic hydroxyl groups excluding tert-OH is 1. The summed E-state index contributed by atoms with van der Waals surface area (Å²) in [5, 5.41) is 12.0. The van der Waals surface area contributed by atoms with E-state index in [0.29, 0.717) is 0 Å². The van der Waals surface area contributed by atoms with Gasteiger partial charge in [-0.2, -0.15) is 13.2 Å². The lowest BCUT2D eigenvalue weighted by Gasteiger charge is -2.23. The Kier molecular flexibility index (Phi) is 3.92. The minimum Gasteiger partial charge on any atom is -0.392 e. The van der Waals surface area contributed by atoms with Crippen LogP contribution in [0.4, 0.5) is 13.2 Å². The van der Waals surface area contributed by atoms with Gasteiger partial charge in [-0.1, -0.05) is 30.3 Å². The number of hydrogen-bond acceptors (Lipinski definition) is 2. The van der Waals surface area contributed by atoms with Gasteiger partial charge in [-0.15, -0.1) is 0 Å². The van der Waals surface area contributed by atoms with Gasteiger partial charge in [0.25, 0.3) is 0 Å². The topological polar surface area (TPSA) is 32.3 Å². The molecule has 2 atom stereocenters. The molecule has 1 aromatic carbocycles. The van der Waals surface area contributed by atoms with Crippen LogP contribution in [0.5, 0.6) is 0 Å². The van der Waals surface area contributed by atoms with E-state index in [9.17, 15) is 18.3 Å². The average Bonchev–Trinajstić information content (AvgIpc) is 3.12. The van der Waals surface area contributed by atoms with Crippen molar-refractivity contribution >= 4 is 0 Å². The molecule has 1 aliphatic carbocycles. The molecule has 0 aromatic heterocycles. The summed E-state index contributed by atoms with van der Waals surface area (Å²) in [4.78, 5) is 0. The average molecular weight is 259 g/mol. The van der Waals surface area contributed by atoms with Gasteiger partial charge in [-0.05, 0) is 24.3 Å². The summed E-state index contributed by atoms with van der Waals surface area (Å²) >= 11 is 0. The Labute approximate surface area is 104 Å². The summed E-state index contributed by atoms with van der Waals surface area (Å²) in [5.41, 5.74) is 0.174. The molecule has 0 saturated heterocycles. The van der Waals surface area contributed by atoms with Crippen molar-refractivity contribution in [2.75, 3.05) is 6.54 Å². The fraction of sp³-hybridized carbons (Fsp3) is 0.538. The molecular formula is C13H16F3NO. The summed E-state index contributed by atoms with van der Waals surface area (Å²) in [5.74, 6) is 0.169. The highest BCUT2D eigenvalue weighted by Gasteiger charge is 2.41. The van der Waals surface area contributed by atoms with Crippen LogP contribution in [0.2, 0.25) is 0 Å². The van der Waals surface area contributed by atoms with E-state index < -0.39 is 18.3 Å². The molecule has 0 radical (unpaired) electrons. The van der Waals surface area contributed by atoms with E-state index >= 15 is 0 Å². The number of nitrogens with one attached hydrogen (secondary N) is 1. The molecule has 1 aromatic rings. The van der Waals surface area contributed by atoms with E-state index in [1.165, 1.54) is 12.1 Å². The highest BCUT2D eigenvalue weighted by molar-refractivity contribution is 5.20. The lowest BCUT2D eigenvalue weighted by atomic mass is 10.1. The summed E-state index contributed by atoms with van der Waals surface area (Å²) < 4.78 is 38.8. The summed E-state index contributed by atoms with van der Waals surface area (Å²) in [7, 11) is 0. The zero-order valence-electron chi connectivity index (χ0n) is 9.82. The van der Waals surface area contributed by atoms with Gasteiger partial charge in [0, 0.05) is 6.54 Å². The van der Waals surface area contributed by atoms with Crippen LogP contribution in [0.15, 0.2) is 30.3 Å². The third kappa shape index (κ3) is 3.46. The minimum absolute atomic E-state index is 0.0241. The smallest absolute Gasteiger partial charge is 0.392 e. The predicted octanol–water partition coefficient (Wildman–Crippen LogP) is 2.65. The van der Waals surface area contributed by atoms with Crippen LogP contribution >= 0.6 is 0 Å². The van der Waals surface area contributed by atoms with Crippen LogP contribution in [0, 0.1) is 5.92 Å². The molecule has 100 valence electrons. The quantitative estimate of drug-likeness (QED) is 0.852. The van der Waals surface area contributed by atoms with Crippen molar-refractivity contribution in [1.29, 1.82) is 0 Å². The number of rotatable bonds is 5. The Bertz CT molecular complexity index is 376. The molecule has 0 bridgehead atoms. The standard InChI is InChI=1S/C13H16F3NO/c14-13(15,16)12(10-4-2-1-3-5-10)17-8-11(18)9-6-7-9/h1-5,9,11-12,17-18H,6-8H2. The summed E-state index contributed by atoms with van der Waals surface area (Å²) in [6.45, 7) is -0.0241. The van der Waals surface area contributed by atoms with Crippen molar-refractivity contribution in [2.45, 2.75) is 31.2 Å². The lowest BCUT2D eigenvalue weighted by molar-refractivity contribution is -0.158. The Hall–Kier alpha value is -1.07. The first-order valence-electron chi connectivity index (χ1n) is 6.01. The van der Waals surface area contributed by atoms with E-state index in [2.05, 4.69) is 5.32 Å². The molecule has 5 heteroatoms. The highest BCUT2D eigenvalue weighted by atomic mass is 19.4. The van der Waals surface area contributed by atoms with Crippen molar-refractivity contribution in [3.63, 3.8) is 0 Å². The van der Waals surface area contributed by atoms with E-state index in [0.717, 1.165) is 12.8 Å². The Morgan fingerprint density at radius 2 is 1.83 bits per heavy atom. The maximum absolute atomic E-state index is 12.9. The van der Waals surface area contributed by atoms with Gasteiger partial charge in [0.1, 0.15) is 6.04 Å². The summed E-state index contributed by atoms with van der Waals surface area (Å²) in [6.07, 6.45) is -3.22. The number of halogens is 3. The Morgan fingerprint density at radius 1 is 1.22 bits per heavy atom. The predicted molar refractivity (Wildman–Crippen MR) is 62.0 cm³/mol. The second kappa shape index (κ2) is 5.28. The maximum atomic E-state index is 12.9. The number of aliphatic hydroxyl groups is 1. The molecule has 1 fully saturated rings. The van der Waals surface area contributed by atoms with Crippen LogP contribution < -0.4 is 5.32 Å². The zero-order valence-corrected chi connectivity index (χ0v) is 9.82. The van der Waals surface area contributed by atoms with Crippen LogP contribution in [0.3, 0.4) is 0 Å². The number of benzene rings is 1. The van der Waals surface area contributed by atoms with Crippen molar-refractivity contribution in [1.82, 2.24) is 5.32 Å². The lowest BCUT2D eigenvalue weighted by Crippen LogP contribution is -2.39. The molecule has 0 aliphatic heterocycles. The minimum atomic E-state index is -4.36. The fourth-order valence-corrected chi connectivity index (χ4v) is 1.95. The number of alkyl halides is 3. The van der Waals surface area contributed by atoms with E-state index in [-0.39, 0.29) is 18.0 Å². The normalized spacial score (nSPS) is 19.6. The SMILES string of the molecule is OC(CNC(c1ccccc1)C(F)(F)F)C1CC1. The van der Waals surface area contributed by atoms with E-state index in [4.69, 9.17) is 0 Å². The van der Waals surface area contributed by atoms with Gasteiger partial charge in [0.15, 0.2) is 0 Å². The first kappa shape index (κ1) is 13.4. The first-order chi connectivity index (χ1) is 8.48.